The van der Waals surface area contributed by atoms with Crippen molar-refractivity contribution in [3.8, 4) is 0 Å². The second-order valence-corrected chi connectivity index (χ2v) is 7.26. The molecule has 3 unspecified atom stereocenters. The molecule has 2 rings (SSSR count). The van der Waals surface area contributed by atoms with Crippen molar-refractivity contribution in [3.05, 3.63) is 0 Å². The topological polar surface area (TPSA) is 18.5 Å². The fourth-order valence-electron chi connectivity index (χ4n) is 3.84. The second-order valence-electron chi connectivity index (χ2n) is 7.26. The van der Waals surface area contributed by atoms with E-state index in [4.69, 9.17) is 0 Å². The Hall–Kier alpha value is -0.120. The van der Waals surface area contributed by atoms with Gasteiger partial charge in [0.1, 0.15) is 0 Å². The summed E-state index contributed by atoms with van der Waals surface area (Å²) in [7, 11) is 0. The van der Waals surface area contributed by atoms with E-state index in [-0.39, 0.29) is 0 Å². The molecular weight excluding hydrogens is 246 g/mol. The Balaban J connectivity index is 1.72. The zero-order valence-electron chi connectivity index (χ0n) is 14.1. The Morgan fingerprint density at radius 2 is 2.00 bits per heavy atom. The van der Waals surface area contributed by atoms with Gasteiger partial charge in [-0.05, 0) is 72.0 Å². The Morgan fingerprint density at radius 3 is 2.60 bits per heavy atom. The Labute approximate surface area is 126 Å². The maximum absolute atomic E-state index is 3.70. The van der Waals surface area contributed by atoms with Gasteiger partial charge >= 0.3 is 0 Å². The molecule has 2 aliphatic heterocycles. The van der Waals surface area contributed by atoms with E-state index in [9.17, 15) is 0 Å². The SMILES string of the molecule is CCCNC1CCN(CC2CCN(C(C)C)C2)C(C)C1. The quantitative estimate of drug-likeness (QED) is 0.807. The van der Waals surface area contributed by atoms with Crippen LogP contribution in [-0.2, 0) is 0 Å². The molecule has 0 aromatic carbocycles. The van der Waals surface area contributed by atoms with Crippen molar-refractivity contribution in [1.82, 2.24) is 15.1 Å². The van der Waals surface area contributed by atoms with Crippen LogP contribution in [0.2, 0.25) is 0 Å². The summed E-state index contributed by atoms with van der Waals surface area (Å²) in [6.45, 7) is 15.8. The molecule has 0 spiro atoms. The predicted octanol–water partition coefficient (Wildman–Crippen LogP) is 2.57. The number of hydrogen-bond acceptors (Lipinski definition) is 3. The number of hydrogen-bond donors (Lipinski definition) is 1. The molecule has 3 atom stereocenters. The molecule has 2 saturated heterocycles. The first-order valence-corrected chi connectivity index (χ1v) is 8.81. The van der Waals surface area contributed by atoms with Gasteiger partial charge in [0, 0.05) is 31.2 Å². The maximum atomic E-state index is 3.70. The van der Waals surface area contributed by atoms with Crippen molar-refractivity contribution in [2.45, 2.75) is 71.5 Å². The van der Waals surface area contributed by atoms with Gasteiger partial charge in [-0.3, -0.25) is 0 Å². The number of rotatable bonds is 6. The highest BCUT2D eigenvalue weighted by molar-refractivity contribution is 4.86. The third kappa shape index (κ3) is 4.44. The van der Waals surface area contributed by atoms with Crippen LogP contribution in [0.25, 0.3) is 0 Å². The van der Waals surface area contributed by atoms with Crippen LogP contribution in [0.5, 0.6) is 0 Å². The summed E-state index contributed by atoms with van der Waals surface area (Å²) in [5, 5.41) is 3.70. The van der Waals surface area contributed by atoms with Crippen molar-refractivity contribution < 1.29 is 0 Å². The molecule has 0 amide bonds. The largest absolute Gasteiger partial charge is 0.314 e. The molecule has 3 nitrogen and oxygen atoms in total. The summed E-state index contributed by atoms with van der Waals surface area (Å²) < 4.78 is 0. The first kappa shape index (κ1) is 16.3. The van der Waals surface area contributed by atoms with Crippen LogP contribution >= 0.6 is 0 Å². The fraction of sp³-hybridized carbons (Fsp3) is 1.00. The minimum absolute atomic E-state index is 0.724. The smallest absolute Gasteiger partial charge is 0.00940 e. The lowest BCUT2D eigenvalue weighted by atomic mass is 9.96. The molecule has 0 radical (unpaired) electrons. The van der Waals surface area contributed by atoms with Gasteiger partial charge in [-0.2, -0.15) is 0 Å². The van der Waals surface area contributed by atoms with Crippen LogP contribution in [0, 0.1) is 5.92 Å². The van der Waals surface area contributed by atoms with Gasteiger partial charge in [0.15, 0.2) is 0 Å². The molecule has 20 heavy (non-hydrogen) atoms. The summed E-state index contributed by atoms with van der Waals surface area (Å²) in [5.74, 6) is 0.903. The van der Waals surface area contributed by atoms with E-state index in [0.717, 1.165) is 24.0 Å². The lowest BCUT2D eigenvalue weighted by Gasteiger charge is -2.39. The Bertz CT molecular complexity index is 279. The van der Waals surface area contributed by atoms with E-state index in [1.807, 2.05) is 0 Å². The van der Waals surface area contributed by atoms with Crippen LogP contribution in [-0.4, -0.2) is 60.6 Å². The summed E-state index contributed by atoms with van der Waals surface area (Å²) in [5.41, 5.74) is 0. The van der Waals surface area contributed by atoms with Crippen molar-refractivity contribution >= 4 is 0 Å². The standard InChI is InChI=1S/C17H35N3/c1-5-8-18-17-7-10-20(15(4)11-17)13-16-6-9-19(12-16)14(2)3/h14-18H,5-13H2,1-4H3. The maximum Gasteiger partial charge on any atom is 0.00940 e. The molecule has 0 aromatic rings. The van der Waals surface area contributed by atoms with Crippen molar-refractivity contribution in [2.24, 2.45) is 5.92 Å². The van der Waals surface area contributed by atoms with E-state index < -0.39 is 0 Å². The molecule has 2 fully saturated rings. The number of likely N-dealkylation sites (tertiary alicyclic amines) is 2. The third-order valence-electron chi connectivity index (χ3n) is 5.24. The minimum atomic E-state index is 0.724. The van der Waals surface area contributed by atoms with Gasteiger partial charge in [-0.25, -0.2) is 0 Å². The highest BCUT2D eigenvalue weighted by Gasteiger charge is 2.30. The fourth-order valence-corrected chi connectivity index (χ4v) is 3.84. The van der Waals surface area contributed by atoms with Crippen molar-refractivity contribution in [2.75, 3.05) is 32.7 Å². The summed E-state index contributed by atoms with van der Waals surface area (Å²) in [6.07, 6.45) is 5.33. The number of nitrogens with zero attached hydrogens (tertiary/aromatic N) is 2. The number of nitrogens with one attached hydrogen (secondary N) is 1. The van der Waals surface area contributed by atoms with Crippen LogP contribution in [0.15, 0.2) is 0 Å². The monoisotopic (exact) mass is 281 g/mol. The summed E-state index contributed by atoms with van der Waals surface area (Å²) in [4.78, 5) is 5.39. The van der Waals surface area contributed by atoms with E-state index in [2.05, 4.69) is 42.8 Å². The molecule has 0 aliphatic carbocycles. The summed E-state index contributed by atoms with van der Waals surface area (Å²) in [6, 6.07) is 2.24. The van der Waals surface area contributed by atoms with Crippen molar-refractivity contribution in [1.29, 1.82) is 0 Å². The zero-order valence-corrected chi connectivity index (χ0v) is 14.1. The average molecular weight is 281 g/mol. The number of piperidine rings is 1. The van der Waals surface area contributed by atoms with Crippen LogP contribution in [0.4, 0.5) is 0 Å². The van der Waals surface area contributed by atoms with Gasteiger partial charge in [0.05, 0.1) is 0 Å². The van der Waals surface area contributed by atoms with E-state index >= 15 is 0 Å². The second kappa shape index (κ2) is 7.77. The van der Waals surface area contributed by atoms with Gasteiger partial charge in [-0.15, -0.1) is 0 Å². The Kier molecular flexibility index (Phi) is 6.31. The van der Waals surface area contributed by atoms with E-state index in [1.54, 1.807) is 0 Å². The zero-order chi connectivity index (χ0) is 14.5. The molecule has 0 bridgehead atoms. The molecular formula is C17H35N3. The molecule has 118 valence electrons. The molecule has 3 heteroatoms. The molecule has 2 aliphatic rings. The lowest BCUT2D eigenvalue weighted by Crippen LogP contribution is -2.49. The van der Waals surface area contributed by atoms with Gasteiger partial charge in [-0.1, -0.05) is 6.92 Å². The molecule has 0 aromatic heterocycles. The van der Waals surface area contributed by atoms with Crippen LogP contribution < -0.4 is 5.32 Å². The van der Waals surface area contributed by atoms with Crippen LogP contribution in [0.1, 0.15) is 53.4 Å². The first-order valence-electron chi connectivity index (χ1n) is 8.81. The van der Waals surface area contributed by atoms with Crippen molar-refractivity contribution in [3.63, 3.8) is 0 Å². The van der Waals surface area contributed by atoms with E-state index in [0.29, 0.717) is 0 Å². The minimum Gasteiger partial charge on any atom is -0.314 e. The Morgan fingerprint density at radius 1 is 1.20 bits per heavy atom. The molecule has 0 saturated carbocycles. The molecule has 2 heterocycles. The van der Waals surface area contributed by atoms with Gasteiger partial charge < -0.3 is 15.1 Å². The predicted molar refractivity (Wildman–Crippen MR) is 87.2 cm³/mol. The normalized spacial score (nSPS) is 33.1. The summed E-state index contributed by atoms with van der Waals surface area (Å²) >= 11 is 0. The highest BCUT2D eigenvalue weighted by Crippen LogP contribution is 2.24. The highest BCUT2D eigenvalue weighted by atomic mass is 15.2. The lowest BCUT2D eigenvalue weighted by molar-refractivity contribution is 0.115. The third-order valence-corrected chi connectivity index (χ3v) is 5.24. The van der Waals surface area contributed by atoms with Gasteiger partial charge in [0.2, 0.25) is 0 Å². The first-order chi connectivity index (χ1) is 9.60. The molecule has 1 N–H and O–H groups in total. The van der Waals surface area contributed by atoms with Crippen LogP contribution in [0.3, 0.4) is 0 Å². The average Bonchev–Trinajstić information content (AvgIpc) is 2.88. The van der Waals surface area contributed by atoms with Gasteiger partial charge in [0.25, 0.3) is 0 Å². The van der Waals surface area contributed by atoms with E-state index in [1.165, 1.54) is 58.4 Å².